The average Bonchev–Trinajstić information content (AvgIpc) is 2.95. The molecule has 0 aliphatic heterocycles. The summed E-state index contributed by atoms with van der Waals surface area (Å²) in [6.07, 6.45) is 5.11. The van der Waals surface area contributed by atoms with Gasteiger partial charge in [-0.2, -0.15) is 0 Å². The maximum atomic E-state index is 11.0. The molecule has 0 atom stereocenters. The summed E-state index contributed by atoms with van der Waals surface area (Å²) in [7, 11) is 0. The molecule has 0 aromatic carbocycles. The number of thiophene rings is 1. The standard InChI is InChI=1S/C11H8N4OS/c12-10(16)8-2-1-7(17-8)6-5-15-11-9(6)13-3-4-14-11/h1-5H,(H2,12,16)(H,14,15). The van der Waals surface area contributed by atoms with Crippen molar-refractivity contribution in [1.82, 2.24) is 15.0 Å². The summed E-state index contributed by atoms with van der Waals surface area (Å²) in [6, 6.07) is 3.58. The van der Waals surface area contributed by atoms with Gasteiger partial charge in [0.2, 0.25) is 0 Å². The van der Waals surface area contributed by atoms with E-state index in [0.29, 0.717) is 4.88 Å². The number of rotatable bonds is 2. The Morgan fingerprint density at radius 1 is 1.29 bits per heavy atom. The Morgan fingerprint density at radius 3 is 2.88 bits per heavy atom. The Kier molecular flexibility index (Phi) is 2.15. The number of carbonyl (C=O) groups excluding carboxylic acids is 1. The Hall–Kier alpha value is -2.21. The predicted octanol–water partition coefficient (Wildman–Crippen LogP) is 1.79. The minimum Gasteiger partial charge on any atom is -0.365 e. The van der Waals surface area contributed by atoms with Crippen molar-refractivity contribution >= 4 is 28.4 Å². The molecule has 84 valence electrons. The van der Waals surface area contributed by atoms with Crippen LogP contribution < -0.4 is 5.73 Å². The van der Waals surface area contributed by atoms with Crippen LogP contribution in [0, 0.1) is 0 Å². The van der Waals surface area contributed by atoms with Crippen molar-refractivity contribution in [2.75, 3.05) is 0 Å². The first kappa shape index (κ1) is 9.98. The van der Waals surface area contributed by atoms with Crippen LogP contribution in [-0.4, -0.2) is 20.9 Å². The van der Waals surface area contributed by atoms with Gasteiger partial charge >= 0.3 is 0 Å². The van der Waals surface area contributed by atoms with Crippen molar-refractivity contribution < 1.29 is 4.79 Å². The number of fused-ring (bicyclic) bond motifs is 1. The summed E-state index contributed by atoms with van der Waals surface area (Å²) in [5.41, 5.74) is 7.69. The minimum absolute atomic E-state index is 0.410. The van der Waals surface area contributed by atoms with Crippen molar-refractivity contribution in [3.05, 3.63) is 35.6 Å². The molecule has 6 heteroatoms. The summed E-state index contributed by atoms with van der Waals surface area (Å²) >= 11 is 1.35. The van der Waals surface area contributed by atoms with Crippen molar-refractivity contribution in [2.24, 2.45) is 5.73 Å². The van der Waals surface area contributed by atoms with Crippen LogP contribution in [0.15, 0.2) is 30.7 Å². The number of primary amides is 1. The lowest BCUT2D eigenvalue weighted by Gasteiger charge is -1.92. The smallest absolute Gasteiger partial charge is 0.258 e. The molecular weight excluding hydrogens is 236 g/mol. The van der Waals surface area contributed by atoms with Crippen LogP contribution in [0.3, 0.4) is 0 Å². The molecule has 0 aliphatic rings. The summed E-state index contributed by atoms with van der Waals surface area (Å²) in [5.74, 6) is -0.410. The first-order chi connectivity index (χ1) is 8.25. The van der Waals surface area contributed by atoms with Crippen LogP contribution in [0.2, 0.25) is 0 Å². The van der Waals surface area contributed by atoms with Gasteiger partial charge in [0.15, 0.2) is 5.65 Å². The van der Waals surface area contributed by atoms with Gasteiger partial charge in [-0.3, -0.25) is 9.78 Å². The monoisotopic (exact) mass is 244 g/mol. The zero-order chi connectivity index (χ0) is 11.8. The van der Waals surface area contributed by atoms with Gasteiger partial charge in [-0.1, -0.05) is 0 Å². The van der Waals surface area contributed by atoms with Gasteiger partial charge in [0, 0.05) is 29.0 Å². The van der Waals surface area contributed by atoms with Crippen LogP contribution in [0.25, 0.3) is 21.6 Å². The van der Waals surface area contributed by atoms with E-state index >= 15 is 0 Å². The molecule has 1 amide bonds. The van der Waals surface area contributed by atoms with Gasteiger partial charge in [-0.15, -0.1) is 11.3 Å². The Balaban J connectivity index is 2.17. The highest BCUT2D eigenvalue weighted by atomic mass is 32.1. The van der Waals surface area contributed by atoms with Gasteiger partial charge in [0.05, 0.1) is 4.88 Å². The minimum atomic E-state index is -0.410. The maximum Gasteiger partial charge on any atom is 0.258 e. The SMILES string of the molecule is NC(=O)c1ccc(-c2c[nH]c3nccnc23)s1. The number of H-pyrrole nitrogens is 1. The van der Waals surface area contributed by atoms with E-state index in [9.17, 15) is 4.79 Å². The second-order valence-corrected chi connectivity index (χ2v) is 4.57. The van der Waals surface area contributed by atoms with E-state index in [1.807, 2.05) is 12.3 Å². The van der Waals surface area contributed by atoms with Crippen molar-refractivity contribution in [3.63, 3.8) is 0 Å². The molecule has 0 spiro atoms. The number of nitrogens with one attached hydrogen (secondary N) is 1. The number of hydrogen-bond donors (Lipinski definition) is 2. The fourth-order valence-electron chi connectivity index (χ4n) is 1.65. The lowest BCUT2D eigenvalue weighted by atomic mass is 10.2. The molecule has 0 radical (unpaired) electrons. The zero-order valence-corrected chi connectivity index (χ0v) is 9.49. The number of carbonyl (C=O) groups is 1. The second-order valence-electron chi connectivity index (χ2n) is 3.48. The number of nitrogens with two attached hydrogens (primary N) is 1. The van der Waals surface area contributed by atoms with Gasteiger partial charge in [0.1, 0.15) is 5.52 Å². The first-order valence-corrected chi connectivity index (χ1v) is 5.75. The molecule has 0 saturated carbocycles. The van der Waals surface area contributed by atoms with E-state index in [1.165, 1.54) is 11.3 Å². The van der Waals surface area contributed by atoms with Gasteiger partial charge in [-0.05, 0) is 12.1 Å². The Bertz CT molecular complexity index is 700. The highest BCUT2D eigenvalue weighted by Gasteiger charge is 2.11. The Labute approximate surface area is 100 Å². The molecule has 3 rings (SSSR count). The topological polar surface area (TPSA) is 84.7 Å². The number of hydrogen-bond acceptors (Lipinski definition) is 4. The van der Waals surface area contributed by atoms with Crippen LogP contribution >= 0.6 is 11.3 Å². The molecule has 0 unspecified atom stereocenters. The fourth-order valence-corrected chi connectivity index (χ4v) is 2.53. The number of aromatic nitrogens is 3. The molecule has 5 nitrogen and oxygen atoms in total. The molecule has 0 bridgehead atoms. The number of aromatic amines is 1. The highest BCUT2D eigenvalue weighted by Crippen LogP contribution is 2.31. The van der Waals surface area contributed by atoms with Gasteiger partial charge in [0.25, 0.3) is 5.91 Å². The largest absolute Gasteiger partial charge is 0.365 e. The average molecular weight is 244 g/mol. The third kappa shape index (κ3) is 1.58. The van der Waals surface area contributed by atoms with Crippen molar-refractivity contribution in [1.29, 1.82) is 0 Å². The van der Waals surface area contributed by atoms with E-state index in [1.54, 1.807) is 18.5 Å². The quantitative estimate of drug-likeness (QED) is 0.720. The zero-order valence-electron chi connectivity index (χ0n) is 8.68. The normalized spacial score (nSPS) is 10.8. The molecule has 3 heterocycles. The molecular formula is C11H8N4OS. The van der Waals surface area contributed by atoms with Crippen LogP contribution in [0.4, 0.5) is 0 Å². The summed E-state index contributed by atoms with van der Waals surface area (Å²) in [6.45, 7) is 0. The molecule has 3 aromatic rings. The third-order valence-corrected chi connectivity index (χ3v) is 3.55. The third-order valence-electron chi connectivity index (χ3n) is 2.42. The van der Waals surface area contributed by atoms with E-state index in [0.717, 1.165) is 21.6 Å². The molecule has 3 N–H and O–H groups in total. The molecule has 0 fully saturated rings. The van der Waals surface area contributed by atoms with Crippen LogP contribution in [-0.2, 0) is 0 Å². The Morgan fingerprint density at radius 2 is 2.12 bits per heavy atom. The number of amides is 1. The number of nitrogens with zero attached hydrogens (tertiary/aromatic N) is 2. The van der Waals surface area contributed by atoms with Gasteiger partial charge < -0.3 is 10.7 Å². The summed E-state index contributed by atoms with van der Waals surface area (Å²) < 4.78 is 0. The summed E-state index contributed by atoms with van der Waals surface area (Å²) in [5, 5.41) is 0. The summed E-state index contributed by atoms with van der Waals surface area (Å²) in [4.78, 5) is 24.0. The lowest BCUT2D eigenvalue weighted by Crippen LogP contribution is -2.07. The first-order valence-electron chi connectivity index (χ1n) is 4.94. The lowest BCUT2D eigenvalue weighted by molar-refractivity contribution is 0.100. The second kappa shape index (κ2) is 3.67. The van der Waals surface area contributed by atoms with Crippen LogP contribution in [0.5, 0.6) is 0 Å². The van der Waals surface area contributed by atoms with E-state index in [4.69, 9.17) is 5.73 Å². The van der Waals surface area contributed by atoms with Crippen molar-refractivity contribution in [3.8, 4) is 10.4 Å². The van der Waals surface area contributed by atoms with E-state index in [-0.39, 0.29) is 0 Å². The van der Waals surface area contributed by atoms with E-state index < -0.39 is 5.91 Å². The van der Waals surface area contributed by atoms with Crippen molar-refractivity contribution in [2.45, 2.75) is 0 Å². The fraction of sp³-hybridized carbons (Fsp3) is 0. The molecule has 0 saturated heterocycles. The predicted molar refractivity (Wildman–Crippen MR) is 65.7 cm³/mol. The van der Waals surface area contributed by atoms with E-state index in [2.05, 4.69) is 15.0 Å². The van der Waals surface area contributed by atoms with Gasteiger partial charge in [-0.25, -0.2) is 4.98 Å². The molecule has 17 heavy (non-hydrogen) atoms. The maximum absolute atomic E-state index is 11.0. The molecule has 0 aliphatic carbocycles. The van der Waals surface area contributed by atoms with Crippen LogP contribution in [0.1, 0.15) is 9.67 Å². The highest BCUT2D eigenvalue weighted by molar-refractivity contribution is 7.17. The molecule has 3 aromatic heterocycles.